The molecule has 2 aromatic rings. The number of hydrogen-bond acceptors (Lipinski definition) is 12. The number of phenolic OH excluding ortho intramolecular Hbond substituents is 3. The number of phenols is 3. The van der Waals surface area contributed by atoms with Crippen LogP contribution in [0.3, 0.4) is 0 Å². The zero-order valence-electron chi connectivity index (χ0n) is 18.5. The van der Waals surface area contributed by atoms with Crippen molar-refractivity contribution in [3.63, 3.8) is 0 Å². The van der Waals surface area contributed by atoms with Gasteiger partial charge in [0.1, 0.15) is 31.0 Å². The van der Waals surface area contributed by atoms with E-state index in [1.807, 2.05) is 0 Å². The Hall–Kier alpha value is -3.55. The quantitative estimate of drug-likeness (QED) is 0.190. The number of carbonyl (C=O) groups is 1. The van der Waals surface area contributed by atoms with Crippen LogP contribution in [0.2, 0.25) is 0 Å². The number of hydrogen-bond donors (Lipinski definition) is 7. The highest BCUT2D eigenvalue weighted by molar-refractivity contribution is 5.91. The molecule has 12 heteroatoms. The fourth-order valence-corrected chi connectivity index (χ4v) is 3.31. The van der Waals surface area contributed by atoms with E-state index in [1.54, 1.807) is 18.2 Å². The van der Waals surface area contributed by atoms with Gasteiger partial charge in [-0.25, -0.2) is 4.79 Å². The van der Waals surface area contributed by atoms with Gasteiger partial charge in [-0.2, -0.15) is 0 Å². The van der Waals surface area contributed by atoms with Gasteiger partial charge >= 0.3 is 5.97 Å². The summed E-state index contributed by atoms with van der Waals surface area (Å²) in [6.45, 7) is -0.738. The van der Waals surface area contributed by atoms with Gasteiger partial charge in [-0.3, -0.25) is 0 Å². The highest BCUT2D eigenvalue weighted by Gasteiger charge is 2.45. The van der Waals surface area contributed by atoms with Crippen molar-refractivity contribution >= 4 is 12.0 Å². The van der Waals surface area contributed by atoms with Crippen molar-refractivity contribution in [2.24, 2.45) is 0 Å². The minimum atomic E-state index is -1.71. The number of aliphatic hydroxyl groups is 4. The third-order valence-corrected chi connectivity index (χ3v) is 5.20. The lowest BCUT2D eigenvalue weighted by atomic mass is 9.99. The summed E-state index contributed by atoms with van der Waals surface area (Å²) in [6.07, 6.45) is -4.65. The van der Waals surface area contributed by atoms with Crippen molar-refractivity contribution in [1.29, 1.82) is 0 Å². The van der Waals surface area contributed by atoms with E-state index in [1.165, 1.54) is 19.3 Å². The van der Waals surface area contributed by atoms with E-state index < -0.39 is 60.5 Å². The van der Waals surface area contributed by atoms with Crippen molar-refractivity contribution in [3.05, 3.63) is 47.5 Å². The van der Waals surface area contributed by atoms with E-state index in [9.17, 15) is 35.4 Å². The van der Waals surface area contributed by atoms with Gasteiger partial charge in [0.05, 0.1) is 19.3 Å². The second kappa shape index (κ2) is 11.3. The molecule has 1 aliphatic rings. The first-order chi connectivity index (χ1) is 16.7. The monoisotopic (exact) mass is 494 g/mol. The van der Waals surface area contributed by atoms with E-state index in [2.05, 4.69) is 0 Å². The van der Waals surface area contributed by atoms with Crippen molar-refractivity contribution in [3.8, 4) is 28.7 Å². The molecule has 0 spiro atoms. The smallest absolute Gasteiger partial charge is 0.338 e. The standard InChI is InChI=1S/C23H26O12/c1-32-16-7-11(3-2-6-24)4-5-15(16)34-23-21(30)20(29)19(28)17(35-23)10-33-22(31)12-8-13(25)18(27)14(26)9-12/h2-5,7-9,17,19-21,23-30H,6,10H2,1H3/t17-,19-,20+,21-,23-/m1/s1. The Bertz CT molecular complexity index is 1050. The average Bonchev–Trinajstić information content (AvgIpc) is 2.85. The van der Waals surface area contributed by atoms with Gasteiger partial charge in [0, 0.05) is 0 Å². The minimum absolute atomic E-state index is 0.145. The third kappa shape index (κ3) is 5.93. The molecule has 5 atom stereocenters. The maximum atomic E-state index is 12.3. The first kappa shape index (κ1) is 26.1. The van der Waals surface area contributed by atoms with Gasteiger partial charge in [-0.15, -0.1) is 0 Å². The van der Waals surface area contributed by atoms with E-state index in [0.29, 0.717) is 5.56 Å². The molecular weight excluding hydrogens is 468 g/mol. The van der Waals surface area contributed by atoms with E-state index in [0.717, 1.165) is 12.1 Å². The van der Waals surface area contributed by atoms with Crippen LogP contribution in [0.25, 0.3) is 6.08 Å². The summed E-state index contributed by atoms with van der Waals surface area (Å²) in [5, 5.41) is 68.3. The molecule has 0 unspecified atom stereocenters. The first-order valence-corrected chi connectivity index (χ1v) is 10.4. The number of rotatable bonds is 8. The SMILES string of the molecule is COc1cc(C=CCO)ccc1O[C@@H]1O[C@H](COC(=O)c2cc(O)c(O)c(O)c2)[C@@H](O)[C@H](O)[C@H]1O. The molecule has 7 N–H and O–H groups in total. The van der Waals surface area contributed by atoms with Gasteiger partial charge in [0.2, 0.25) is 6.29 Å². The molecule has 2 aromatic carbocycles. The Labute approximate surface area is 199 Å². The normalized spacial score (nSPS) is 24.3. The largest absolute Gasteiger partial charge is 0.504 e. The number of aromatic hydroxyl groups is 3. The molecule has 0 radical (unpaired) electrons. The lowest BCUT2D eigenvalue weighted by Gasteiger charge is -2.40. The molecule has 0 saturated carbocycles. The molecule has 0 aromatic heterocycles. The summed E-state index contributed by atoms with van der Waals surface area (Å²) in [5.74, 6) is -2.92. The number of methoxy groups -OCH3 is 1. The Balaban J connectivity index is 1.71. The fraction of sp³-hybridized carbons (Fsp3) is 0.348. The van der Waals surface area contributed by atoms with Gasteiger partial charge < -0.3 is 54.7 Å². The number of aliphatic hydroxyl groups excluding tert-OH is 4. The van der Waals surface area contributed by atoms with Crippen molar-refractivity contribution in [2.45, 2.75) is 30.7 Å². The van der Waals surface area contributed by atoms with Gasteiger partial charge in [-0.05, 0) is 29.8 Å². The summed E-state index contributed by atoms with van der Waals surface area (Å²) >= 11 is 0. The van der Waals surface area contributed by atoms with Crippen LogP contribution in [-0.2, 0) is 9.47 Å². The fourth-order valence-electron chi connectivity index (χ4n) is 3.31. The van der Waals surface area contributed by atoms with Crippen LogP contribution in [0.15, 0.2) is 36.4 Å². The molecule has 35 heavy (non-hydrogen) atoms. The van der Waals surface area contributed by atoms with Crippen LogP contribution in [0, 0.1) is 0 Å². The lowest BCUT2D eigenvalue weighted by Crippen LogP contribution is -2.60. The minimum Gasteiger partial charge on any atom is -0.504 e. The average molecular weight is 494 g/mol. The van der Waals surface area contributed by atoms with Crippen molar-refractivity contribution < 1.29 is 59.5 Å². The van der Waals surface area contributed by atoms with E-state index in [4.69, 9.17) is 24.1 Å². The lowest BCUT2D eigenvalue weighted by molar-refractivity contribution is -0.277. The van der Waals surface area contributed by atoms with Crippen LogP contribution in [-0.4, -0.2) is 92.7 Å². The number of carbonyl (C=O) groups excluding carboxylic acids is 1. The second-order valence-corrected chi connectivity index (χ2v) is 7.59. The first-order valence-electron chi connectivity index (χ1n) is 10.4. The van der Waals surface area contributed by atoms with Crippen molar-refractivity contribution in [2.75, 3.05) is 20.3 Å². The summed E-state index contributed by atoms with van der Waals surface area (Å²) in [6, 6.07) is 6.50. The maximum Gasteiger partial charge on any atom is 0.338 e. The van der Waals surface area contributed by atoms with Crippen LogP contribution in [0.1, 0.15) is 15.9 Å². The van der Waals surface area contributed by atoms with Crippen LogP contribution in [0.5, 0.6) is 28.7 Å². The highest BCUT2D eigenvalue weighted by atomic mass is 16.7. The zero-order valence-corrected chi connectivity index (χ0v) is 18.5. The molecule has 12 nitrogen and oxygen atoms in total. The maximum absolute atomic E-state index is 12.3. The molecular formula is C23H26O12. The molecule has 0 amide bonds. The molecule has 1 heterocycles. The van der Waals surface area contributed by atoms with Crippen LogP contribution >= 0.6 is 0 Å². The third-order valence-electron chi connectivity index (χ3n) is 5.20. The summed E-state index contributed by atoms with van der Waals surface area (Å²) in [5.41, 5.74) is 0.400. The van der Waals surface area contributed by atoms with E-state index in [-0.39, 0.29) is 23.7 Å². The summed E-state index contributed by atoms with van der Waals surface area (Å²) in [7, 11) is 1.39. The number of ether oxygens (including phenoxy) is 4. The predicted molar refractivity (Wildman–Crippen MR) is 118 cm³/mol. The second-order valence-electron chi connectivity index (χ2n) is 7.59. The Kier molecular flexibility index (Phi) is 8.38. The Morgan fingerprint density at radius 1 is 1.00 bits per heavy atom. The Morgan fingerprint density at radius 3 is 2.31 bits per heavy atom. The van der Waals surface area contributed by atoms with Crippen LogP contribution in [0.4, 0.5) is 0 Å². The molecule has 0 aliphatic carbocycles. The molecule has 1 fully saturated rings. The van der Waals surface area contributed by atoms with Crippen LogP contribution < -0.4 is 9.47 Å². The predicted octanol–water partition coefficient (Wildman–Crippen LogP) is -0.139. The molecule has 1 saturated heterocycles. The highest BCUT2D eigenvalue weighted by Crippen LogP contribution is 2.36. The van der Waals surface area contributed by atoms with Gasteiger partial charge in [0.15, 0.2) is 28.7 Å². The van der Waals surface area contributed by atoms with Crippen molar-refractivity contribution in [1.82, 2.24) is 0 Å². The Morgan fingerprint density at radius 2 is 1.69 bits per heavy atom. The molecule has 1 aliphatic heterocycles. The molecule has 0 bridgehead atoms. The summed E-state index contributed by atoms with van der Waals surface area (Å²) in [4.78, 5) is 12.3. The number of benzene rings is 2. The summed E-state index contributed by atoms with van der Waals surface area (Å²) < 4.78 is 21.5. The number of esters is 1. The topological polar surface area (TPSA) is 196 Å². The van der Waals surface area contributed by atoms with Gasteiger partial charge in [0.25, 0.3) is 0 Å². The molecule has 190 valence electrons. The molecule has 3 rings (SSSR count). The zero-order chi connectivity index (χ0) is 25.7. The van der Waals surface area contributed by atoms with E-state index >= 15 is 0 Å². The van der Waals surface area contributed by atoms with Gasteiger partial charge in [-0.1, -0.05) is 18.2 Å².